The standard InChI is InChI=1S/C18H22N2O4/c1-3-23-15(21)19-13-7-8-14(20(19)16(22)24-4-2)18-10-6-5-9-17(13,18)11-12-18/h5-8,11-14H,3-4,9-10H2,1-2H3/t13-,14+,17-,18-/m0/s1. The zero-order valence-electron chi connectivity index (χ0n) is 14.0. The van der Waals surface area contributed by atoms with E-state index in [-0.39, 0.29) is 36.1 Å². The van der Waals surface area contributed by atoms with Crippen molar-refractivity contribution in [2.75, 3.05) is 13.2 Å². The van der Waals surface area contributed by atoms with E-state index in [1.807, 2.05) is 12.2 Å². The topological polar surface area (TPSA) is 59.1 Å². The van der Waals surface area contributed by atoms with Crippen molar-refractivity contribution in [3.63, 3.8) is 0 Å². The van der Waals surface area contributed by atoms with E-state index in [4.69, 9.17) is 9.47 Å². The highest BCUT2D eigenvalue weighted by molar-refractivity contribution is 5.77. The first-order valence-corrected chi connectivity index (χ1v) is 8.57. The van der Waals surface area contributed by atoms with Crippen molar-refractivity contribution in [3.05, 3.63) is 36.5 Å². The van der Waals surface area contributed by atoms with Crippen LogP contribution in [-0.4, -0.2) is 47.5 Å². The molecule has 0 saturated carbocycles. The second-order valence-corrected chi connectivity index (χ2v) is 6.66. The van der Waals surface area contributed by atoms with Crippen LogP contribution in [0.2, 0.25) is 0 Å². The monoisotopic (exact) mass is 330 g/mol. The predicted molar refractivity (Wildman–Crippen MR) is 86.8 cm³/mol. The SMILES string of the molecule is CCOC(=O)N1[C@H]2C=C[C@@H](N1C(=O)OCC)[C@]13C=C[C@@]21CC=CC3. The molecule has 24 heavy (non-hydrogen) atoms. The van der Waals surface area contributed by atoms with Crippen molar-refractivity contribution in [1.82, 2.24) is 10.0 Å². The molecule has 2 heterocycles. The summed E-state index contributed by atoms with van der Waals surface area (Å²) < 4.78 is 10.5. The summed E-state index contributed by atoms with van der Waals surface area (Å²) >= 11 is 0. The van der Waals surface area contributed by atoms with Crippen LogP contribution in [0.15, 0.2) is 36.5 Å². The molecule has 5 rings (SSSR count). The van der Waals surface area contributed by atoms with Gasteiger partial charge in [0.15, 0.2) is 0 Å². The van der Waals surface area contributed by atoms with E-state index >= 15 is 0 Å². The Morgan fingerprint density at radius 3 is 1.67 bits per heavy atom. The third-order valence-electron chi connectivity index (χ3n) is 5.82. The number of rotatable bonds is 2. The second kappa shape index (κ2) is 5.13. The van der Waals surface area contributed by atoms with E-state index in [0.29, 0.717) is 0 Å². The fraction of sp³-hybridized carbons (Fsp3) is 0.556. The van der Waals surface area contributed by atoms with Gasteiger partial charge in [-0.15, -0.1) is 0 Å². The van der Waals surface area contributed by atoms with Crippen LogP contribution in [0.1, 0.15) is 26.7 Å². The Labute approximate surface area is 141 Å². The Morgan fingerprint density at radius 1 is 0.917 bits per heavy atom. The minimum absolute atomic E-state index is 0.156. The summed E-state index contributed by atoms with van der Waals surface area (Å²) in [6.07, 6.45) is 13.6. The lowest BCUT2D eigenvalue weighted by molar-refractivity contribution is -0.182. The Balaban J connectivity index is 1.80. The third kappa shape index (κ3) is 1.61. The molecule has 0 radical (unpaired) electrons. The molecule has 1 saturated heterocycles. The fourth-order valence-corrected chi connectivity index (χ4v) is 4.78. The average Bonchev–Trinajstić information content (AvgIpc) is 2.56. The summed E-state index contributed by atoms with van der Waals surface area (Å²) in [4.78, 5) is 25.3. The number of hydrogen-bond donors (Lipinski definition) is 0. The number of allylic oxidation sites excluding steroid dienone is 2. The van der Waals surface area contributed by atoms with Gasteiger partial charge in [0.05, 0.1) is 25.3 Å². The van der Waals surface area contributed by atoms with Gasteiger partial charge in [-0.25, -0.2) is 19.6 Å². The highest BCUT2D eigenvalue weighted by Crippen LogP contribution is 2.67. The molecule has 128 valence electrons. The van der Waals surface area contributed by atoms with Gasteiger partial charge in [-0.1, -0.05) is 36.5 Å². The number of amides is 2. The number of carbonyl (C=O) groups excluding carboxylic acids is 2. The zero-order valence-corrected chi connectivity index (χ0v) is 14.0. The number of carbonyl (C=O) groups is 2. The number of ether oxygens (including phenoxy) is 2. The quantitative estimate of drug-likeness (QED) is 0.730. The van der Waals surface area contributed by atoms with E-state index in [0.717, 1.165) is 12.8 Å². The molecule has 5 aliphatic rings. The molecule has 1 fully saturated rings. The van der Waals surface area contributed by atoms with Crippen molar-refractivity contribution in [2.45, 2.75) is 38.8 Å². The molecule has 3 aliphatic carbocycles. The first-order valence-electron chi connectivity index (χ1n) is 8.57. The minimum Gasteiger partial charge on any atom is -0.448 e. The number of hydrazine groups is 1. The van der Waals surface area contributed by atoms with E-state index < -0.39 is 12.2 Å². The van der Waals surface area contributed by atoms with E-state index in [2.05, 4.69) is 24.3 Å². The summed E-state index contributed by atoms with van der Waals surface area (Å²) in [5.74, 6) is 0. The van der Waals surface area contributed by atoms with Gasteiger partial charge in [0.2, 0.25) is 0 Å². The number of nitrogens with zero attached hydrogens (tertiary/aromatic N) is 2. The van der Waals surface area contributed by atoms with Gasteiger partial charge < -0.3 is 9.47 Å². The minimum atomic E-state index is -0.497. The van der Waals surface area contributed by atoms with Gasteiger partial charge in [0.25, 0.3) is 0 Å². The second-order valence-electron chi connectivity index (χ2n) is 6.66. The normalized spacial score (nSPS) is 37.6. The van der Waals surface area contributed by atoms with Crippen molar-refractivity contribution in [3.8, 4) is 0 Å². The van der Waals surface area contributed by atoms with Crippen LogP contribution in [0.4, 0.5) is 9.59 Å². The smallest absolute Gasteiger partial charge is 0.429 e. The lowest BCUT2D eigenvalue weighted by Gasteiger charge is -2.70. The Hall–Kier alpha value is -2.24. The fourth-order valence-electron chi connectivity index (χ4n) is 4.78. The maximum atomic E-state index is 12.6. The lowest BCUT2D eigenvalue weighted by Crippen LogP contribution is -2.78. The number of fused-ring (bicyclic) bond motifs is 1. The molecule has 0 unspecified atom stereocenters. The molecular weight excluding hydrogens is 308 g/mol. The van der Waals surface area contributed by atoms with E-state index in [1.165, 1.54) is 10.0 Å². The summed E-state index contributed by atoms with van der Waals surface area (Å²) in [5, 5.41) is 2.93. The van der Waals surface area contributed by atoms with Gasteiger partial charge in [0.1, 0.15) is 0 Å². The molecule has 0 aromatic carbocycles. The molecule has 0 aromatic rings. The van der Waals surface area contributed by atoms with Crippen LogP contribution in [0.3, 0.4) is 0 Å². The molecular formula is C18H22N2O4. The lowest BCUT2D eigenvalue weighted by atomic mass is 9.42. The molecule has 0 N–H and O–H groups in total. The van der Waals surface area contributed by atoms with E-state index in [1.54, 1.807) is 13.8 Å². The Morgan fingerprint density at radius 2 is 1.33 bits per heavy atom. The molecule has 6 nitrogen and oxygen atoms in total. The first-order chi connectivity index (χ1) is 11.6. The maximum absolute atomic E-state index is 12.6. The van der Waals surface area contributed by atoms with Gasteiger partial charge in [-0.05, 0) is 26.7 Å². The predicted octanol–water partition coefficient (Wildman–Crippen LogP) is 3.03. The molecule has 0 aromatic heterocycles. The highest BCUT2D eigenvalue weighted by Gasteiger charge is 2.71. The zero-order chi connectivity index (χ0) is 16.9. The molecule has 2 amide bonds. The third-order valence-corrected chi connectivity index (χ3v) is 5.82. The van der Waals surface area contributed by atoms with Crippen molar-refractivity contribution < 1.29 is 19.1 Å². The van der Waals surface area contributed by atoms with Gasteiger partial charge in [-0.3, -0.25) is 0 Å². The first kappa shape index (κ1) is 15.3. The van der Waals surface area contributed by atoms with Crippen LogP contribution >= 0.6 is 0 Å². The molecule has 0 spiro atoms. The maximum Gasteiger partial charge on any atom is 0.429 e. The average molecular weight is 330 g/mol. The van der Waals surface area contributed by atoms with Crippen LogP contribution in [-0.2, 0) is 9.47 Å². The van der Waals surface area contributed by atoms with Crippen molar-refractivity contribution in [1.29, 1.82) is 0 Å². The van der Waals surface area contributed by atoms with Crippen LogP contribution in [0.5, 0.6) is 0 Å². The van der Waals surface area contributed by atoms with E-state index in [9.17, 15) is 9.59 Å². The van der Waals surface area contributed by atoms with Gasteiger partial charge >= 0.3 is 12.2 Å². The summed E-state index contributed by atoms with van der Waals surface area (Å²) in [5.41, 5.74) is -0.312. The largest absolute Gasteiger partial charge is 0.448 e. The van der Waals surface area contributed by atoms with Crippen molar-refractivity contribution in [2.24, 2.45) is 10.8 Å². The van der Waals surface area contributed by atoms with Crippen LogP contribution < -0.4 is 0 Å². The van der Waals surface area contributed by atoms with Crippen LogP contribution in [0, 0.1) is 10.8 Å². The summed E-state index contributed by atoms with van der Waals surface area (Å²) in [6, 6.07) is -0.471. The van der Waals surface area contributed by atoms with Gasteiger partial charge in [-0.2, -0.15) is 0 Å². The summed E-state index contributed by atoms with van der Waals surface area (Å²) in [7, 11) is 0. The van der Waals surface area contributed by atoms with Crippen molar-refractivity contribution >= 4 is 12.2 Å². The Bertz CT molecular complexity index is 616. The molecule has 4 atom stereocenters. The molecule has 6 heteroatoms. The molecule has 2 aliphatic heterocycles. The van der Waals surface area contributed by atoms with Crippen LogP contribution in [0.25, 0.3) is 0 Å². The number of hydrogen-bond acceptors (Lipinski definition) is 4. The highest BCUT2D eigenvalue weighted by atomic mass is 16.6. The Kier molecular flexibility index (Phi) is 3.27. The van der Waals surface area contributed by atoms with Gasteiger partial charge in [0, 0.05) is 10.8 Å². The summed E-state index contributed by atoms with van der Waals surface area (Å²) in [6.45, 7) is 4.06. The molecule has 2 bridgehead atoms.